The zero-order valence-electron chi connectivity index (χ0n) is 15.3. The second kappa shape index (κ2) is 7.63. The zero-order chi connectivity index (χ0) is 17.7. The van der Waals surface area contributed by atoms with E-state index in [1.165, 1.54) is 5.56 Å². The molecule has 0 heterocycles. The molecule has 2 aromatic rings. The molecule has 0 spiro atoms. The first kappa shape index (κ1) is 18.2. The molecule has 2 rings (SSSR count). The maximum atomic E-state index is 12.7. The van der Waals surface area contributed by atoms with Gasteiger partial charge in [-0.3, -0.25) is 0 Å². The number of benzene rings is 2. The van der Waals surface area contributed by atoms with Gasteiger partial charge in [-0.15, -0.1) is 0 Å². The Morgan fingerprint density at radius 1 is 1.00 bits per heavy atom. The maximum absolute atomic E-state index is 12.7. The summed E-state index contributed by atoms with van der Waals surface area (Å²) < 4.78 is 0.212. The summed E-state index contributed by atoms with van der Waals surface area (Å²) in [6.45, 7) is 9.01. The number of hydrogen-bond acceptors (Lipinski definition) is 1. The minimum Gasteiger partial charge on any atom is -0.319 e. The quantitative estimate of drug-likeness (QED) is 0.767. The van der Waals surface area contributed by atoms with Crippen LogP contribution in [0.2, 0.25) is 0 Å². The first-order valence-corrected chi connectivity index (χ1v) is 8.75. The van der Waals surface area contributed by atoms with Gasteiger partial charge in [-0.2, -0.15) is 0 Å². The molecule has 0 saturated carbocycles. The van der Waals surface area contributed by atoms with Gasteiger partial charge in [0.2, 0.25) is 0 Å². The molecule has 0 aromatic heterocycles. The van der Waals surface area contributed by atoms with Gasteiger partial charge in [0, 0.05) is 17.5 Å². The molecule has 0 aliphatic rings. The van der Waals surface area contributed by atoms with E-state index in [4.69, 9.17) is 5.73 Å². The number of quaternary nitrogens is 1. The van der Waals surface area contributed by atoms with Gasteiger partial charge in [-0.05, 0) is 32.8 Å². The van der Waals surface area contributed by atoms with Crippen LogP contribution in [0.1, 0.15) is 37.0 Å². The molecule has 24 heavy (non-hydrogen) atoms. The number of urea groups is 1. The SMILES string of the molecule is CCC(Cc1ccccc1)[N+](CC)(C(N)=O)c1c(C)cccc1C. The van der Waals surface area contributed by atoms with E-state index in [1.54, 1.807) is 0 Å². The van der Waals surface area contributed by atoms with E-state index in [0.29, 0.717) is 6.54 Å². The molecule has 0 aliphatic heterocycles. The van der Waals surface area contributed by atoms with Crippen LogP contribution in [0.25, 0.3) is 0 Å². The monoisotopic (exact) mass is 325 g/mol. The van der Waals surface area contributed by atoms with Crippen molar-refractivity contribution >= 4 is 11.7 Å². The van der Waals surface area contributed by atoms with E-state index >= 15 is 0 Å². The van der Waals surface area contributed by atoms with Gasteiger partial charge in [-0.25, -0.2) is 9.28 Å². The lowest BCUT2D eigenvalue weighted by Crippen LogP contribution is -2.64. The Labute approximate surface area is 145 Å². The van der Waals surface area contributed by atoms with E-state index in [0.717, 1.165) is 29.7 Å². The summed E-state index contributed by atoms with van der Waals surface area (Å²) in [5.41, 5.74) is 10.6. The van der Waals surface area contributed by atoms with Gasteiger partial charge in [-0.1, -0.05) is 55.5 Å². The number of aryl methyl sites for hydroxylation is 2. The summed E-state index contributed by atoms with van der Waals surface area (Å²) in [7, 11) is 0. The van der Waals surface area contributed by atoms with E-state index < -0.39 is 0 Å². The van der Waals surface area contributed by atoms with Crippen LogP contribution in [0.3, 0.4) is 0 Å². The van der Waals surface area contributed by atoms with Crippen LogP contribution in [0.15, 0.2) is 48.5 Å². The fourth-order valence-corrected chi connectivity index (χ4v) is 3.98. The number of nitrogens with two attached hydrogens (primary N) is 1. The van der Waals surface area contributed by atoms with E-state index in [9.17, 15) is 4.79 Å². The highest BCUT2D eigenvalue weighted by Gasteiger charge is 2.44. The predicted octanol–water partition coefficient (Wildman–Crippen LogP) is 4.73. The summed E-state index contributed by atoms with van der Waals surface area (Å²) in [4.78, 5) is 12.7. The number of likely N-dealkylation sites (N-methyl/N-ethyl adjacent to an activating group) is 1. The standard InChI is InChI=1S/C21H28N2O/c1-5-19(15-18-13-8-7-9-14-18)23(6-2,21(22)24)20-16(3)11-10-12-17(20)4/h7-14,19H,5-6,15H2,1-4H3,(H-,22,24)/p+1. The molecule has 0 aliphatic carbocycles. The minimum absolute atomic E-state index is 0.120. The second-order valence-corrected chi connectivity index (χ2v) is 6.52. The highest BCUT2D eigenvalue weighted by molar-refractivity contribution is 5.88. The molecule has 2 N–H and O–H groups in total. The Hall–Kier alpha value is -2.13. The van der Waals surface area contributed by atoms with Gasteiger partial charge in [0.1, 0.15) is 11.7 Å². The van der Waals surface area contributed by atoms with Crippen LogP contribution in [-0.2, 0) is 6.42 Å². The third kappa shape index (κ3) is 3.22. The molecule has 2 atom stereocenters. The lowest BCUT2D eigenvalue weighted by atomic mass is 9.96. The van der Waals surface area contributed by atoms with Crippen molar-refractivity contribution in [1.82, 2.24) is 4.48 Å². The van der Waals surface area contributed by atoms with Crippen molar-refractivity contribution in [3.05, 3.63) is 65.2 Å². The molecule has 3 nitrogen and oxygen atoms in total. The Morgan fingerprint density at radius 3 is 2.04 bits per heavy atom. The number of para-hydroxylation sites is 1. The third-order valence-corrected chi connectivity index (χ3v) is 5.14. The molecule has 0 bridgehead atoms. The summed E-state index contributed by atoms with van der Waals surface area (Å²) in [6, 6.07) is 16.4. The molecule has 2 aromatic carbocycles. The molecule has 2 amide bonds. The van der Waals surface area contributed by atoms with Crippen LogP contribution in [0.4, 0.5) is 10.5 Å². The van der Waals surface area contributed by atoms with Gasteiger partial charge in [0.15, 0.2) is 0 Å². The van der Waals surface area contributed by atoms with Gasteiger partial charge >= 0.3 is 6.03 Å². The molecular formula is C21H29N2O+. The normalized spacial score (nSPS) is 14.8. The molecule has 0 radical (unpaired) electrons. The van der Waals surface area contributed by atoms with Crippen molar-refractivity contribution < 1.29 is 4.79 Å². The van der Waals surface area contributed by atoms with Crippen LogP contribution in [0, 0.1) is 13.8 Å². The minimum atomic E-state index is -0.266. The fraction of sp³-hybridized carbons (Fsp3) is 0.381. The van der Waals surface area contributed by atoms with Crippen molar-refractivity contribution in [3.8, 4) is 0 Å². The third-order valence-electron chi connectivity index (χ3n) is 5.14. The van der Waals surface area contributed by atoms with Crippen molar-refractivity contribution in [2.45, 2.75) is 46.6 Å². The molecule has 2 unspecified atom stereocenters. The predicted molar refractivity (Wildman–Crippen MR) is 102 cm³/mol. The van der Waals surface area contributed by atoms with Crippen molar-refractivity contribution in [2.24, 2.45) is 5.73 Å². The Kier molecular flexibility index (Phi) is 5.79. The van der Waals surface area contributed by atoms with Crippen LogP contribution >= 0.6 is 0 Å². The largest absolute Gasteiger partial charge is 0.419 e. The summed E-state index contributed by atoms with van der Waals surface area (Å²) in [5.74, 6) is 0. The van der Waals surface area contributed by atoms with Gasteiger partial charge < -0.3 is 5.73 Å². The molecule has 0 saturated heterocycles. The summed E-state index contributed by atoms with van der Waals surface area (Å²) >= 11 is 0. The van der Waals surface area contributed by atoms with E-state index in [1.807, 2.05) is 24.3 Å². The van der Waals surface area contributed by atoms with Crippen LogP contribution in [0.5, 0.6) is 0 Å². The summed E-state index contributed by atoms with van der Waals surface area (Å²) in [5, 5.41) is 0. The van der Waals surface area contributed by atoms with E-state index in [2.05, 4.69) is 52.0 Å². The number of amides is 2. The highest BCUT2D eigenvalue weighted by atomic mass is 16.2. The first-order chi connectivity index (χ1) is 11.5. The Bertz CT molecular complexity index is 676. The number of carbonyl (C=O) groups is 1. The highest BCUT2D eigenvalue weighted by Crippen LogP contribution is 2.35. The average molecular weight is 325 g/mol. The van der Waals surface area contributed by atoms with Crippen LogP contribution in [-0.4, -0.2) is 18.6 Å². The first-order valence-electron chi connectivity index (χ1n) is 8.75. The molecule has 3 heteroatoms. The number of carbonyl (C=O) groups excluding carboxylic acids is 1. The topological polar surface area (TPSA) is 43.1 Å². The van der Waals surface area contributed by atoms with Crippen molar-refractivity contribution in [3.63, 3.8) is 0 Å². The Balaban J connectivity index is 2.60. The van der Waals surface area contributed by atoms with Crippen molar-refractivity contribution in [1.29, 1.82) is 0 Å². The van der Waals surface area contributed by atoms with Crippen LogP contribution < -0.4 is 10.2 Å². The number of hydrogen-bond donors (Lipinski definition) is 1. The smallest absolute Gasteiger partial charge is 0.319 e. The zero-order valence-corrected chi connectivity index (χ0v) is 15.3. The summed E-state index contributed by atoms with van der Waals surface area (Å²) in [6.07, 6.45) is 1.72. The van der Waals surface area contributed by atoms with Gasteiger partial charge in [0.05, 0.1) is 6.54 Å². The Morgan fingerprint density at radius 2 is 1.58 bits per heavy atom. The lowest BCUT2D eigenvalue weighted by molar-refractivity contribution is 0.184. The fourth-order valence-electron chi connectivity index (χ4n) is 3.98. The van der Waals surface area contributed by atoms with Gasteiger partial charge in [0.25, 0.3) is 0 Å². The molecule has 0 fully saturated rings. The number of nitrogens with zero attached hydrogens (tertiary/aromatic N) is 1. The maximum Gasteiger partial charge on any atom is 0.419 e. The average Bonchev–Trinajstić information content (AvgIpc) is 2.57. The number of rotatable bonds is 6. The number of primary amides is 1. The van der Waals surface area contributed by atoms with Crippen molar-refractivity contribution in [2.75, 3.05) is 6.54 Å². The molecule has 128 valence electrons. The molecular weight excluding hydrogens is 296 g/mol. The second-order valence-electron chi connectivity index (χ2n) is 6.52. The van der Waals surface area contributed by atoms with E-state index in [-0.39, 0.29) is 16.6 Å². The lowest BCUT2D eigenvalue weighted by Gasteiger charge is -2.41.